The third-order valence-electron chi connectivity index (χ3n) is 4.20. The Morgan fingerprint density at radius 1 is 1.19 bits per heavy atom. The highest BCUT2D eigenvalue weighted by atomic mass is 15.1. The summed E-state index contributed by atoms with van der Waals surface area (Å²) in [6, 6.07) is 4.37. The van der Waals surface area contributed by atoms with Crippen molar-refractivity contribution in [3.05, 3.63) is 46.8 Å². The van der Waals surface area contributed by atoms with Crippen molar-refractivity contribution in [3.8, 4) is 11.4 Å². The predicted molar refractivity (Wildman–Crippen MR) is 91.6 cm³/mol. The van der Waals surface area contributed by atoms with Gasteiger partial charge in [-0.3, -0.25) is 0 Å². The molecule has 0 aliphatic carbocycles. The minimum absolute atomic E-state index is 1.09. The molecule has 0 aliphatic heterocycles. The van der Waals surface area contributed by atoms with Crippen molar-refractivity contribution in [1.82, 2.24) is 9.55 Å². The first kappa shape index (κ1) is 15.6. The highest BCUT2D eigenvalue weighted by molar-refractivity contribution is 5.69. The summed E-state index contributed by atoms with van der Waals surface area (Å²) in [6.45, 7) is 12.5. The van der Waals surface area contributed by atoms with Gasteiger partial charge >= 0.3 is 0 Å². The maximum Gasteiger partial charge on any atom is 0.140 e. The van der Waals surface area contributed by atoms with Gasteiger partial charge in [-0.1, -0.05) is 38.1 Å². The van der Waals surface area contributed by atoms with Crippen LogP contribution in [0.25, 0.3) is 17.5 Å². The number of aromatic nitrogens is 2. The highest BCUT2D eigenvalue weighted by Gasteiger charge is 2.16. The maximum absolute atomic E-state index is 4.85. The van der Waals surface area contributed by atoms with Crippen LogP contribution in [0.3, 0.4) is 0 Å². The summed E-state index contributed by atoms with van der Waals surface area (Å²) in [6.07, 6.45) is 5.44. The topological polar surface area (TPSA) is 17.8 Å². The second kappa shape index (κ2) is 6.30. The second-order valence-corrected chi connectivity index (χ2v) is 5.86. The largest absolute Gasteiger partial charge is 0.331 e. The Hall–Kier alpha value is -1.83. The van der Waals surface area contributed by atoms with E-state index >= 15 is 0 Å². The highest BCUT2D eigenvalue weighted by Crippen LogP contribution is 2.29. The van der Waals surface area contributed by atoms with Crippen molar-refractivity contribution in [2.24, 2.45) is 7.05 Å². The summed E-state index contributed by atoms with van der Waals surface area (Å²) >= 11 is 0. The Kier molecular flexibility index (Phi) is 4.66. The summed E-state index contributed by atoms with van der Waals surface area (Å²) in [5.74, 6) is 1.09. The van der Waals surface area contributed by atoms with E-state index in [2.05, 4.69) is 58.0 Å². The smallest absolute Gasteiger partial charge is 0.140 e. The third-order valence-corrected chi connectivity index (χ3v) is 4.20. The van der Waals surface area contributed by atoms with Gasteiger partial charge in [0.05, 0.1) is 5.69 Å². The molecule has 2 rings (SSSR count). The van der Waals surface area contributed by atoms with E-state index in [1.54, 1.807) is 0 Å². The quantitative estimate of drug-likeness (QED) is 0.754. The normalized spacial score (nSPS) is 10.9. The molecular weight excluding hydrogens is 256 g/mol. The molecule has 0 N–H and O–H groups in total. The molecule has 0 bridgehead atoms. The maximum atomic E-state index is 4.85. The van der Waals surface area contributed by atoms with E-state index in [9.17, 15) is 0 Å². The third kappa shape index (κ3) is 2.94. The van der Waals surface area contributed by atoms with E-state index in [1.165, 1.54) is 40.8 Å². The fourth-order valence-electron chi connectivity index (χ4n) is 3.05. The van der Waals surface area contributed by atoms with E-state index < -0.39 is 0 Å². The first-order chi connectivity index (χ1) is 9.99. The minimum atomic E-state index is 1.09. The van der Waals surface area contributed by atoms with Gasteiger partial charge in [-0.25, -0.2) is 4.98 Å². The van der Waals surface area contributed by atoms with Gasteiger partial charge in [0.2, 0.25) is 0 Å². The molecule has 0 unspecified atom stereocenters. The van der Waals surface area contributed by atoms with Gasteiger partial charge in [-0.05, 0) is 50.3 Å². The zero-order valence-electron chi connectivity index (χ0n) is 14.0. The lowest BCUT2D eigenvalue weighted by atomic mass is 9.98. The standard InChI is InChI=1S/C19H26N2/c1-7-9-10-17-15(5)20-19(21(17)6)18-13(3)11-16(8-2)12-14(18)4/h8,11-12H,2,7,9-10H2,1,3-6H3. The number of imidazole rings is 1. The van der Waals surface area contributed by atoms with Crippen molar-refractivity contribution in [3.63, 3.8) is 0 Å². The van der Waals surface area contributed by atoms with Crippen molar-refractivity contribution < 1.29 is 0 Å². The lowest BCUT2D eigenvalue weighted by molar-refractivity contribution is 0.731. The van der Waals surface area contributed by atoms with Gasteiger partial charge in [0, 0.05) is 18.3 Å². The molecule has 0 radical (unpaired) electrons. The number of benzene rings is 1. The van der Waals surface area contributed by atoms with Crippen LogP contribution < -0.4 is 0 Å². The van der Waals surface area contributed by atoms with E-state index in [-0.39, 0.29) is 0 Å². The molecule has 0 fully saturated rings. The molecule has 2 aromatic rings. The van der Waals surface area contributed by atoms with Crippen LogP contribution in [0.15, 0.2) is 18.7 Å². The second-order valence-electron chi connectivity index (χ2n) is 5.86. The Bertz CT molecular complexity index is 639. The summed E-state index contributed by atoms with van der Waals surface area (Å²) in [4.78, 5) is 4.85. The number of hydrogen-bond donors (Lipinski definition) is 0. The molecule has 0 amide bonds. The molecule has 2 heteroatoms. The predicted octanol–water partition coefficient (Wildman–Crippen LogP) is 5.00. The van der Waals surface area contributed by atoms with Crippen LogP contribution in [0.2, 0.25) is 0 Å². The number of unbranched alkanes of at least 4 members (excludes halogenated alkanes) is 1. The molecular formula is C19H26N2. The number of hydrogen-bond acceptors (Lipinski definition) is 1. The van der Waals surface area contributed by atoms with Crippen LogP contribution in [0, 0.1) is 20.8 Å². The van der Waals surface area contributed by atoms with Gasteiger partial charge in [0.1, 0.15) is 5.82 Å². The fourth-order valence-corrected chi connectivity index (χ4v) is 3.05. The lowest BCUT2D eigenvalue weighted by Crippen LogP contribution is -2.02. The number of rotatable bonds is 5. The van der Waals surface area contributed by atoms with Gasteiger partial charge in [-0.2, -0.15) is 0 Å². The Balaban J connectivity index is 2.55. The van der Waals surface area contributed by atoms with Crippen LogP contribution >= 0.6 is 0 Å². The fraction of sp³-hybridized carbons (Fsp3) is 0.421. The van der Waals surface area contributed by atoms with Crippen LogP contribution in [0.4, 0.5) is 0 Å². The van der Waals surface area contributed by atoms with Gasteiger partial charge in [-0.15, -0.1) is 0 Å². The zero-order chi connectivity index (χ0) is 15.6. The van der Waals surface area contributed by atoms with Crippen LogP contribution in [0.1, 0.15) is 47.8 Å². The summed E-state index contributed by atoms with van der Waals surface area (Å²) < 4.78 is 2.27. The Labute approximate surface area is 128 Å². The van der Waals surface area contributed by atoms with Crippen molar-refractivity contribution in [2.75, 3.05) is 0 Å². The molecule has 1 heterocycles. The van der Waals surface area contributed by atoms with Crippen molar-refractivity contribution in [1.29, 1.82) is 0 Å². The molecule has 1 aromatic heterocycles. The molecule has 0 saturated heterocycles. The van der Waals surface area contributed by atoms with E-state index in [0.717, 1.165) is 17.9 Å². The van der Waals surface area contributed by atoms with Gasteiger partial charge < -0.3 is 4.57 Å². The average Bonchev–Trinajstić information content (AvgIpc) is 2.71. The van der Waals surface area contributed by atoms with Crippen molar-refractivity contribution in [2.45, 2.75) is 47.0 Å². The summed E-state index contributed by atoms with van der Waals surface area (Å²) in [5.41, 5.74) is 7.48. The molecule has 0 saturated carbocycles. The first-order valence-corrected chi connectivity index (χ1v) is 7.75. The van der Waals surface area contributed by atoms with E-state index in [0.29, 0.717) is 0 Å². The SMILES string of the molecule is C=Cc1cc(C)c(-c2nc(C)c(CCCC)n2C)c(C)c1. The zero-order valence-corrected chi connectivity index (χ0v) is 14.0. The van der Waals surface area contributed by atoms with Crippen molar-refractivity contribution >= 4 is 6.08 Å². The molecule has 2 nitrogen and oxygen atoms in total. The molecule has 0 atom stereocenters. The minimum Gasteiger partial charge on any atom is -0.331 e. The van der Waals surface area contributed by atoms with Gasteiger partial charge in [0.25, 0.3) is 0 Å². The Morgan fingerprint density at radius 2 is 1.81 bits per heavy atom. The number of nitrogens with zero attached hydrogens (tertiary/aromatic N) is 2. The van der Waals surface area contributed by atoms with E-state index in [1.807, 2.05) is 6.08 Å². The van der Waals surface area contributed by atoms with Crippen LogP contribution in [-0.2, 0) is 13.5 Å². The molecule has 1 aromatic carbocycles. The summed E-state index contributed by atoms with van der Waals surface area (Å²) in [7, 11) is 2.14. The van der Waals surface area contributed by atoms with Gasteiger partial charge in [0.15, 0.2) is 0 Å². The first-order valence-electron chi connectivity index (χ1n) is 7.75. The molecule has 0 aliphatic rings. The molecule has 0 spiro atoms. The van der Waals surface area contributed by atoms with Crippen LogP contribution in [-0.4, -0.2) is 9.55 Å². The lowest BCUT2D eigenvalue weighted by Gasteiger charge is -2.12. The summed E-state index contributed by atoms with van der Waals surface area (Å²) in [5, 5.41) is 0. The monoisotopic (exact) mass is 282 g/mol. The molecule has 21 heavy (non-hydrogen) atoms. The van der Waals surface area contributed by atoms with Crippen LogP contribution in [0.5, 0.6) is 0 Å². The molecule has 112 valence electrons. The number of aryl methyl sites for hydroxylation is 3. The Morgan fingerprint density at radius 3 is 2.33 bits per heavy atom. The average molecular weight is 282 g/mol. The van der Waals surface area contributed by atoms with E-state index in [4.69, 9.17) is 4.98 Å².